The molecule has 0 aliphatic heterocycles. The van der Waals surface area contributed by atoms with E-state index in [1.807, 2.05) is 0 Å². The van der Waals surface area contributed by atoms with Crippen LogP contribution in [-0.4, -0.2) is 16.7 Å². The lowest BCUT2D eigenvalue weighted by Gasteiger charge is -2.11. The number of halogens is 2. The number of aromatic nitrogens is 1. The fourth-order valence-electron chi connectivity index (χ4n) is 2.30. The van der Waals surface area contributed by atoms with Gasteiger partial charge in [0, 0.05) is 28.5 Å². The Balaban J connectivity index is 1.98. The molecule has 0 aliphatic carbocycles. The molecule has 1 aromatic heterocycles. The Morgan fingerprint density at radius 1 is 0.960 bits per heavy atom. The van der Waals surface area contributed by atoms with Crippen LogP contribution < -0.4 is 5.32 Å². The minimum atomic E-state index is -0.640. The minimum Gasteiger partial charge on any atom is -0.321 e. The summed E-state index contributed by atoms with van der Waals surface area (Å²) in [5, 5.41) is 2.96. The first-order valence-corrected chi connectivity index (χ1v) is 7.74. The largest absolute Gasteiger partial charge is 0.321 e. The number of carbonyl (C=O) groups is 2. The normalized spacial score (nSPS) is 10.3. The van der Waals surface area contributed by atoms with Crippen molar-refractivity contribution in [2.45, 2.75) is 0 Å². The van der Waals surface area contributed by atoms with E-state index in [1.165, 1.54) is 42.7 Å². The number of carbonyl (C=O) groups excluding carboxylic acids is 2. The third kappa shape index (κ3) is 3.72. The lowest BCUT2D eigenvalue weighted by Crippen LogP contribution is -2.15. The van der Waals surface area contributed by atoms with Crippen molar-refractivity contribution in [2.24, 2.45) is 0 Å². The number of pyridine rings is 1. The second-order valence-electron chi connectivity index (χ2n) is 5.19. The summed E-state index contributed by atoms with van der Waals surface area (Å²) in [7, 11) is 0. The van der Waals surface area contributed by atoms with Crippen LogP contribution in [0.2, 0.25) is 5.02 Å². The maximum absolute atomic E-state index is 13.9. The SMILES string of the molecule is O=C(Nc1ccc(Cl)cc1C(=O)c1ccccc1F)c1ccncc1. The highest BCUT2D eigenvalue weighted by Gasteiger charge is 2.19. The summed E-state index contributed by atoms with van der Waals surface area (Å²) in [6, 6.07) is 13.2. The molecule has 0 bridgehead atoms. The van der Waals surface area contributed by atoms with Gasteiger partial charge in [-0.05, 0) is 42.5 Å². The predicted molar refractivity (Wildman–Crippen MR) is 93.5 cm³/mol. The smallest absolute Gasteiger partial charge is 0.255 e. The van der Waals surface area contributed by atoms with Crippen LogP contribution in [0.5, 0.6) is 0 Å². The molecule has 1 amide bonds. The highest BCUT2D eigenvalue weighted by atomic mass is 35.5. The van der Waals surface area contributed by atoms with E-state index in [-0.39, 0.29) is 16.8 Å². The molecule has 2 aromatic carbocycles. The van der Waals surface area contributed by atoms with E-state index in [9.17, 15) is 14.0 Å². The summed E-state index contributed by atoms with van der Waals surface area (Å²) in [5.41, 5.74) is 0.651. The fraction of sp³-hybridized carbons (Fsp3) is 0. The molecule has 1 N–H and O–H groups in total. The van der Waals surface area contributed by atoms with Crippen LogP contribution in [0.25, 0.3) is 0 Å². The first-order chi connectivity index (χ1) is 12.1. The Morgan fingerprint density at radius 2 is 1.68 bits per heavy atom. The predicted octanol–water partition coefficient (Wildman–Crippen LogP) is 4.36. The van der Waals surface area contributed by atoms with Gasteiger partial charge in [0.1, 0.15) is 5.82 Å². The lowest BCUT2D eigenvalue weighted by atomic mass is 10.0. The molecular formula is C19H12ClFN2O2. The third-order valence-corrected chi connectivity index (χ3v) is 3.77. The molecule has 3 aromatic rings. The van der Waals surface area contributed by atoms with E-state index >= 15 is 0 Å². The number of benzene rings is 2. The maximum atomic E-state index is 13.9. The highest BCUT2D eigenvalue weighted by molar-refractivity contribution is 6.31. The zero-order chi connectivity index (χ0) is 17.8. The van der Waals surface area contributed by atoms with E-state index in [4.69, 9.17) is 11.6 Å². The first kappa shape index (κ1) is 16.8. The average molecular weight is 355 g/mol. The number of hydrogen-bond acceptors (Lipinski definition) is 3. The highest BCUT2D eigenvalue weighted by Crippen LogP contribution is 2.25. The number of amides is 1. The molecule has 0 fully saturated rings. The molecule has 0 atom stereocenters. The van der Waals surface area contributed by atoms with Crippen molar-refractivity contribution in [3.63, 3.8) is 0 Å². The quantitative estimate of drug-likeness (QED) is 0.708. The number of hydrogen-bond donors (Lipinski definition) is 1. The molecule has 25 heavy (non-hydrogen) atoms. The zero-order valence-corrected chi connectivity index (χ0v) is 13.6. The summed E-state index contributed by atoms with van der Waals surface area (Å²) < 4.78 is 13.9. The molecule has 0 aliphatic rings. The Labute approximate surface area is 148 Å². The Kier molecular flexibility index (Phi) is 4.86. The molecule has 0 unspecified atom stereocenters. The van der Waals surface area contributed by atoms with Crippen LogP contribution in [0.1, 0.15) is 26.3 Å². The zero-order valence-electron chi connectivity index (χ0n) is 12.9. The fourth-order valence-corrected chi connectivity index (χ4v) is 2.47. The summed E-state index contributed by atoms with van der Waals surface area (Å²) >= 11 is 5.97. The van der Waals surface area contributed by atoms with Crippen molar-refractivity contribution in [1.82, 2.24) is 4.98 Å². The van der Waals surface area contributed by atoms with Gasteiger partial charge in [-0.2, -0.15) is 0 Å². The number of ketones is 1. The van der Waals surface area contributed by atoms with Crippen molar-refractivity contribution < 1.29 is 14.0 Å². The molecular weight excluding hydrogens is 343 g/mol. The van der Waals surface area contributed by atoms with Crippen LogP contribution in [-0.2, 0) is 0 Å². The molecule has 0 saturated heterocycles. The van der Waals surface area contributed by atoms with Crippen molar-refractivity contribution in [1.29, 1.82) is 0 Å². The van der Waals surface area contributed by atoms with Crippen LogP contribution in [0.3, 0.4) is 0 Å². The second kappa shape index (κ2) is 7.23. The van der Waals surface area contributed by atoms with Gasteiger partial charge < -0.3 is 5.32 Å². The van der Waals surface area contributed by atoms with Crippen molar-refractivity contribution in [3.8, 4) is 0 Å². The molecule has 1 heterocycles. The van der Waals surface area contributed by atoms with Crippen LogP contribution in [0.4, 0.5) is 10.1 Å². The Morgan fingerprint density at radius 3 is 2.40 bits per heavy atom. The molecule has 0 radical (unpaired) electrons. The van der Waals surface area contributed by atoms with Gasteiger partial charge in [-0.1, -0.05) is 23.7 Å². The second-order valence-corrected chi connectivity index (χ2v) is 5.63. The number of nitrogens with one attached hydrogen (secondary N) is 1. The topological polar surface area (TPSA) is 59.1 Å². The van der Waals surface area contributed by atoms with E-state index < -0.39 is 17.5 Å². The average Bonchev–Trinajstić information content (AvgIpc) is 2.63. The van der Waals surface area contributed by atoms with Crippen molar-refractivity contribution in [2.75, 3.05) is 5.32 Å². The van der Waals surface area contributed by atoms with E-state index in [0.29, 0.717) is 10.6 Å². The van der Waals surface area contributed by atoms with E-state index in [1.54, 1.807) is 24.3 Å². The summed E-state index contributed by atoms with van der Waals surface area (Å²) in [6.45, 7) is 0. The maximum Gasteiger partial charge on any atom is 0.255 e. The standard InChI is InChI=1S/C19H12ClFN2O2/c20-13-5-6-17(23-19(25)12-7-9-22-10-8-12)15(11-13)18(24)14-3-1-2-4-16(14)21/h1-11H,(H,23,25). The van der Waals surface area contributed by atoms with Gasteiger partial charge in [0.25, 0.3) is 5.91 Å². The van der Waals surface area contributed by atoms with Crippen LogP contribution in [0.15, 0.2) is 67.0 Å². The Hall–Kier alpha value is -3.05. The van der Waals surface area contributed by atoms with Gasteiger partial charge in [-0.15, -0.1) is 0 Å². The number of anilines is 1. The van der Waals surface area contributed by atoms with Crippen molar-refractivity contribution >= 4 is 29.0 Å². The van der Waals surface area contributed by atoms with Crippen LogP contribution in [0, 0.1) is 5.82 Å². The van der Waals surface area contributed by atoms with E-state index in [2.05, 4.69) is 10.3 Å². The van der Waals surface area contributed by atoms with Gasteiger partial charge in [0.2, 0.25) is 0 Å². The van der Waals surface area contributed by atoms with Gasteiger partial charge in [-0.3, -0.25) is 14.6 Å². The molecule has 0 saturated carbocycles. The Bertz CT molecular complexity index is 945. The molecule has 4 nitrogen and oxygen atoms in total. The summed E-state index contributed by atoms with van der Waals surface area (Å²) in [4.78, 5) is 28.9. The molecule has 6 heteroatoms. The summed E-state index contributed by atoms with van der Waals surface area (Å²) in [5.74, 6) is -1.61. The third-order valence-electron chi connectivity index (χ3n) is 3.54. The van der Waals surface area contributed by atoms with Gasteiger partial charge in [0.05, 0.1) is 11.3 Å². The lowest BCUT2D eigenvalue weighted by molar-refractivity contribution is 0.102. The molecule has 0 spiro atoms. The van der Waals surface area contributed by atoms with Gasteiger partial charge in [0.15, 0.2) is 5.78 Å². The van der Waals surface area contributed by atoms with Crippen molar-refractivity contribution in [3.05, 3.63) is 94.5 Å². The molecule has 124 valence electrons. The monoisotopic (exact) mass is 354 g/mol. The minimum absolute atomic E-state index is 0.0934. The van der Waals surface area contributed by atoms with Crippen LogP contribution >= 0.6 is 11.6 Å². The van der Waals surface area contributed by atoms with Gasteiger partial charge in [-0.25, -0.2) is 4.39 Å². The number of rotatable bonds is 4. The number of nitrogens with zero attached hydrogens (tertiary/aromatic N) is 1. The molecule has 3 rings (SSSR count). The van der Waals surface area contributed by atoms with E-state index in [0.717, 1.165) is 0 Å². The summed E-state index contributed by atoms with van der Waals surface area (Å²) in [6.07, 6.45) is 2.98. The van der Waals surface area contributed by atoms with Gasteiger partial charge >= 0.3 is 0 Å². The first-order valence-electron chi connectivity index (χ1n) is 7.36.